The SMILES string of the molecule is Cc1ncsc1-c1ccc([C@H](C)NC(=O)[C@@H]2C[C@@H](O)CN2C(=O)[C@@H](NC(=O)CCSCC(=O)N2C[C@H]3C[C@@H]2CN3CC2(C)CCC(c3ccc(Cl)cc3)=C(CN3CCN(c4ccc(C(=O)NSc5ccc(N[C@H](CCN6CCOCC6)CSc6ccccc6)c(S(=O)(=O)C(F)(F)F)c5)cc4)CC3)C2)C(C)(C)C)cc1. The van der Waals surface area contributed by atoms with E-state index in [1.54, 1.807) is 23.5 Å². The van der Waals surface area contributed by atoms with E-state index in [0.717, 1.165) is 135 Å². The van der Waals surface area contributed by atoms with E-state index in [1.165, 1.54) is 57.3 Å². The summed E-state index contributed by atoms with van der Waals surface area (Å²) in [6, 6.07) is 34.4. The maximum Gasteiger partial charge on any atom is 0.501 e. The van der Waals surface area contributed by atoms with Crippen molar-refractivity contribution < 1.29 is 55.4 Å². The lowest BCUT2D eigenvalue weighted by atomic mass is 9.71. The average Bonchev–Trinajstić information content (AvgIpc) is 1.75. The summed E-state index contributed by atoms with van der Waals surface area (Å²) in [6.45, 7) is 21.4. The quantitative estimate of drug-likeness (QED) is 0.0167. The molecule has 5 aromatic carbocycles. The molecule has 5 fully saturated rings. The standard InChI is InChI=1S/C80H99ClF3N11O9S5/c1-52(54-12-14-56(15-13-54)73-53(2)85-51-107-73)86-76(100)69-41-64(96)47-95(69)77(101)74(78(3,4)5)88-71(97)28-39-105-49-72(98)94-46-62-40-63(94)45-93(62)50-79(6)29-26-67(55-16-20-59(81)21-17-55)58(43-79)44-91-31-33-92(34-32-91)61-22-18-57(19-23-61)75(99)89-108-66-24-25-68(70(42-66)109(102,103)80(82,83)84)87-60(27-30-90-35-37-104-38-36-90)48-106-65-10-8-7-9-11-65/h7-25,42,51-52,60,62-64,69,74,87,96H,26-41,43-50H2,1-6H3,(H,86,100)(H,88,97)(H,89,99)/t52-,60+,62+,63+,64+,69-,74+,79?/m0/s1. The van der Waals surface area contributed by atoms with Crippen LogP contribution in [0.1, 0.15) is 113 Å². The summed E-state index contributed by atoms with van der Waals surface area (Å²) < 4.78 is 77.8. The average molecular weight is 1610 g/mol. The topological polar surface area (TPSA) is 229 Å². The first-order valence-electron chi connectivity index (χ1n) is 37.5. The Morgan fingerprint density at radius 1 is 0.817 bits per heavy atom. The normalized spacial score (nSPS) is 21.8. The number of rotatable bonds is 29. The van der Waals surface area contributed by atoms with Gasteiger partial charge >= 0.3 is 5.51 Å². The van der Waals surface area contributed by atoms with E-state index >= 15 is 0 Å². The van der Waals surface area contributed by atoms with Crippen LogP contribution in [0.2, 0.25) is 5.02 Å². The van der Waals surface area contributed by atoms with E-state index in [4.69, 9.17) is 16.3 Å². The number of nitrogens with one attached hydrogen (secondary N) is 4. The summed E-state index contributed by atoms with van der Waals surface area (Å²) in [5.41, 5.74) is 3.45. The number of carbonyl (C=O) groups excluding carboxylic acids is 5. The van der Waals surface area contributed by atoms with E-state index in [9.17, 15) is 50.7 Å². The zero-order chi connectivity index (χ0) is 77.4. The third kappa shape index (κ3) is 20.8. The Balaban J connectivity index is 0.595. The second kappa shape index (κ2) is 36.0. The van der Waals surface area contributed by atoms with Gasteiger partial charge in [-0.25, -0.2) is 13.4 Å². The summed E-state index contributed by atoms with van der Waals surface area (Å²) in [5.74, 6) is -0.502. The third-order valence-electron chi connectivity index (χ3n) is 21.8. The van der Waals surface area contributed by atoms with Crippen molar-refractivity contribution in [2.45, 2.75) is 149 Å². The molecule has 2 bridgehead atoms. The summed E-state index contributed by atoms with van der Waals surface area (Å²) in [6.07, 6.45) is 3.57. The fourth-order valence-electron chi connectivity index (χ4n) is 15.7. The van der Waals surface area contributed by atoms with Crippen molar-refractivity contribution in [1.29, 1.82) is 0 Å². The van der Waals surface area contributed by atoms with E-state index < -0.39 is 61.7 Å². The molecule has 20 nitrogen and oxygen atoms in total. The fourth-order valence-corrected chi connectivity index (χ4v) is 20.2. The first kappa shape index (κ1) is 81.8. The van der Waals surface area contributed by atoms with Crippen LogP contribution in [-0.4, -0.2) is 223 Å². The van der Waals surface area contributed by atoms with Gasteiger partial charge in [-0.15, -0.1) is 23.1 Å². The predicted molar refractivity (Wildman–Crippen MR) is 429 cm³/mol. The molecule has 5 amide bonds. The van der Waals surface area contributed by atoms with Crippen LogP contribution in [0.3, 0.4) is 0 Å². The summed E-state index contributed by atoms with van der Waals surface area (Å²) >= 11 is 11.7. The molecule has 5 saturated heterocycles. The van der Waals surface area contributed by atoms with E-state index in [-0.39, 0.29) is 77.0 Å². The lowest BCUT2D eigenvalue weighted by Crippen LogP contribution is -2.57. The van der Waals surface area contributed by atoms with Crippen molar-refractivity contribution in [2.75, 3.05) is 119 Å². The van der Waals surface area contributed by atoms with E-state index in [2.05, 4.69) is 64.3 Å². The fraction of sp³-hybridized carbons (Fsp3) is 0.500. The largest absolute Gasteiger partial charge is 0.501 e. The lowest BCUT2D eigenvalue weighted by Gasteiger charge is -2.44. The number of allylic oxidation sites excluding steroid dienone is 1. The number of carbonyl (C=O) groups is 5. The molecule has 0 radical (unpaired) electrons. The Bertz CT molecular complexity index is 4320. The number of fused-ring (bicyclic) bond motifs is 2. The summed E-state index contributed by atoms with van der Waals surface area (Å²) in [4.78, 5) is 88.0. The van der Waals surface area contributed by atoms with Gasteiger partial charge in [0.2, 0.25) is 23.6 Å². The van der Waals surface area contributed by atoms with Gasteiger partial charge in [0.1, 0.15) is 17.0 Å². The monoisotopic (exact) mass is 1610 g/mol. The van der Waals surface area contributed by atoms with E-state index in [0.29, 0.717) is 54.8 Å². The predicted octanol–water partition coefficient (Wildman–Crippen LogP) is 12.3. The maximum atomic E-state index is 14.4. The Hall–Kier alpha value is -6.70. The van der Waals surface area contributed by atoms with Gasteiger partial charge in [-0.1, -0.05) is 99.5 Å². The number of halogens is 4. The number of aryl methyl sites for hydroxylation is 1. The van der Waals surface area contributed by atoms with Gasteiger partial charge in [0, 0.05) is 147 Å². The second-order valence-electron chi connectivity index (χ2n) is 30.9. The van der Waals surface area contributed by atoms with Crippen LogP contribution in [0.15, 0.2) is 147 Å². The Morgan fingerprint density at radius 2 is 1.53 bits per heavy atom. The number of amides is 5. The van der Waals surface area contributed by atoms with Crippen LogP contribution in [0, 0.1) is 17.8 Å². The van der Waals surface area contributed by atoms with Crippen molar-refractivity contribution in [3.8, 4) is 10.4 Å². The number of piperazine rings is 2. The number of hydrogen-bond donors (Lipinski definition) is 5. The van der Waals surface area contributed by atoms with Crippen LogP contribution < -0.4 is 25.6 Å². The zero-order valence-electron chi connectivity index (χ0n) is 62.5. The van der Waals surface area contributed by atoms with Crippen LogP contribution in [0.5, 0.6) is 0 Å². The molecular weight excluding hydrogens is 1510 g/mol. The Morgan fingerprint density at radius 3 is 2.20 bits per heavy atom. The van der Waals surface area contributed by atoms with Gasteiger partial charge in [0.15, 0.2) is 0 Å². The second-order valence-corrected chi connectivity index (χ2v) is 37.2. The van der Waals surface area contributed by atoms with Gasteiger partial charge in [0.25, 0.3) is 15.7 Å². The molecule has 1 unspecified atom stereocenters. The number of anilines is 2. The molecule has 5 N–H and O–H groups in total. The number of aromatic nitrogens is 1. The highest BCUT2D eigenvalue weighted by Gasteiger charge is 2.50. The van der Waals surface area contributed by atoms with Crippen LogP contribution >= 0.6 is 58.4 Å². The molecule has 6 aromatic rings. The van der Waals surface area contributed by atoms with Crippen molar-refractivity contribution in [3.05, 3.63) is 160 Å². The number of hydrogen-bond acceptors (Lipinski definition) is 19. The van der Waals surface area contributed by atoms with Gasteiger partial charge in [0.05, 0.1) is 52.9 Å². The first-order chi connectivity index (χ1) is 52.0. The lowest BCUT2D eigenvalue weighted by molar-refractivity contribution is -0.144. The Kier molecular flexibility index (Phi) is 27.0. The molecule has 586 valence electrons. The number of benzene rings is 5. The molecule has 0 saturated carbocycles. The minimum atomic E-state index is -5.81. The third-order valence-corrected chi connectivity index (χ3v) is 27.4. The van der Waals surface area contributed by atoms with Crippen molar-refractivity contribution >= 4 is 115 Å². The molecule has 1 aromatic heterocycles. The zero-order valence-corrected chi connectivity index (χ0v) is 67.4. The van der Waals surface area contributed by atoms with E-state index in [1.807, 2.05) is 124 Å². The van der Waals surface area contributed by atoms with Gasteiger partial charge in [-0.3, -0.25) is 43.4 Å². The molecule has 0 spiro atoms. The van der Waals surface area contributed by atoms with Gasteiger partial charge in [-0.05, 0) is 158 Å². The molecule has 6 heterocycles. The van der Waals surface area contributed by atoms with Crippen LogP contribution in [0.4, 0.5) is 24.5 Å². The first-order valence-corrected chi connectivity index (χ1v) is 43.2. The van der Waals surface area contributed by atoms with Crippen molar-refractivity contribution in [1.82, 2.24) is 44.8 Å². The molecule has 109 heavy (non-hydrogen) atoms. The minimum absolute atomic E-state index is 0.0123. The number of ether oxygens (including phenoxy) is 1. The number of nitrogens with zero attached hydrogens (tertiary/aromatic N) is 7. The number of β-amino-alcohol motifs (C(OH)–C–C–N with tert-alkyl or cyclic N) is 1. The van der Waals surface area contributed by atoms with Crippen molar-refractivity contribution in [3.63, 3.8) is 0 Å². The number of aliphatic hydroxyl groups excluding tert-OH is 1. The molecule has 5 aliphatic heterocycles. The van der Waals surface area contributed by atoms with Gasteiger partial charge < -0.3 is 40.5 Å². The molecule has 29 heteroatoms. The number of thiazole rings is 1. The number of alkyl halides is 3. The number of morpholine rings is 1. The van der Waals surface area contributed by atoms with Crippen LogP contribution in [0.25, 0.3) is 16.0 Å². The Labute approximate surface area is 659 Å². The number of sulfone groups is 1. The molecule has 6 aliphatic rings. The maximum absolute atomic E-state index is 14.4. The highest BCUT2D eigenvalue weighted by atomic mass is 35.5. The molecule has 8 atom stereocenters. The van der Waals surface area contributed by atoms with Gasteiger partial charge in [-0.2, -0.15) is 24.9 Å². The number of aliphatic hydroxyl groups is 1. The number of likely N-dealkylation sites (tertiary alicyclic amines) is 3. The molecular formula is C80H99ClF3N11O9S5. The summed E-state index contributed by atoms with van der Waals surface area (Å²) in [7, 11) is -5.81. The van der Waals surface area contributed by atoms with Crippen molar-refractivity contribution in [2.24, 2.45) is 10.8 Å². The highest BCUT2D eigenvalue weighted by Crippen LogP contribution is 2.46. The smallest absolute Gasteiger partial charge is 0.391 e. The van der Waals surface area contributed by atoms with Crippen LogP contribution in [-0.2, 0) is 33.8 Å². The minimum Gasteiger partial charge on any atom is -0.391 e. The molecule has 12 rings (SSSR count). The highest BCUT2D eigenvalue weighted by molar-refractivity contribution is 8.00. The number of thioether (sulfide) groups is 2. The summed E-state index contributed by atoms with van der Waals surface area (Å²) in [5, 5.41) is 20.7. The molecule has 1 aliphatic carbocycles.